The molecule has 7 heteroatoms. The Bertz CT molecular complexity index is 753. The van der Waals surface area contributed by atoms with Crippen LogP contribution in [0.3, 0.4) is 0 Å². The third kappa shape index (κ3) is 1.79. The van der Waals surface area contributed by atoms with Gasteiger partial charge in [-0.25, -0.2) is 9.97 Å². The summed E-state index contributed by atoms with van der Waals surface area (Å²) in [6, 6.07) is 5.73. The molecular weight excluding hydrogens is 246 g/mol. The van der Waals surface area contributed by atoms with Crippen molar-refractivity contribution in [2.24, 2.45) is 0 Å². The lowest BCUT2D eigenvalue weighted by Gasteiger charge is -2.06. The Morgan fingerprint density at radius 3 is 2.95 bits per heavy atom. The van der Waals surface area contributed by atoms with Crippen molar-refractivity contribution in [3.8, 4) is 0 Å². The molecule has 0 aliphatic heterocycles. The summed E-state index contributed by atoms with van der Waals surface area (Å²) >= 11 is 0. The second kappa shape index (κ2) is 4.45. The number of nitrogens with two attached hydrogens (primary N) is 1. The van der Waals surface area contributed by atoms with Crippen LogP contribution in [0.2, 0.25) is 0 Å². The molecule has 0 saturated carbocycles. The normalized spacial score (nSPS) is 11.5. The van der Waals surface area contributed by atoms with Crippen LogP contribution in [-0.2, 0) is 18.0 Å². The summed E-state index contributed by atoms with van der Waals surface area (Å²) in [4.78, 5) is 8.61. The first-order chi connectivity index (χ1) is 9.24. The summed E-state index contributed by atoms with van der Waals surface area (Å²) < 4.78 is 6.59. The van der Waals surface area contributed by atoms with E-state index in [-0.39, 0.29) is 12.6 Å². The van der Waals surface area contributed by atoms with Gasteiger partial charge < -0.3 is 15.6 Å². The minimum absolute atomic E-state index is 0.234. The van der Waals surface area contributed by atoms with Crippen molar-refractivity contribution in [2.75, 3.05) is 12.8 Å². The number of aromatic nitrogens is 4. The molecule has 2 heterocycles. The molecule has 2 aromatic heterocycles. The van der Waals surface area contributed by atoms with E-state index in [4.69, 9.17) is 15.6 Å². The zero-order valence-corrected chi connectivity index (χ0v) is 10.4. The van der Waals surface area contributed by atoms with Crippen LogP contribution in [0.25, 0.3) is 16.6 Å². The topological polar surface area (TPSA) is 98.6 Å². The van der Waals surface area contributed by atoms with E-state index in [9.17, 15) is 0 Å². The van der Waals surface area contributed by atoms with Crippen molar-refractivity contribution in [3.05, 3.63) is 29.6 Å². The fourth-order valence-electron chi connectivity index (χ4n) is 2.09. The molecule has 0 atom stereocenters. The van der Waals surface area contributed by atoms with E-state index in [1.807, 2.05) is 18.2 Å². The van der Waals surface area contributed by atoms with Crippen LogP contribution >= 0.6 is 0 Å². The van der Waals surface area contributed by atoms with E-state index in [1.54, 1.807) is 7.11 Å². The van der Waals surface area contributed by atoms with Crippen molar-refractivity contribution < 1.29 is 9.84 Å². The summed E-state index contributed by atoms with van der Waals surface area (Å²) in [7, 11) is 1.63. The van der Waals surface area contributed by atoms with Gasteiger partial charge in [0.05, 0.1) is 12.1 Å². The van der Waals surface area contributed by atoms with Gasteiger partial charge in [-0.1, -0.05) is 12.1 Å². The van der Waals surface area contributed by atoms with E-state index in [1.165, 1.54) is 4.52 Å². The molecule has 0 aliphatic carbocycles. The van der Waals surface area contributed by atoms with E-state index >= 15 is 0 Å². The number of ether oxygens (including phenoxy) is 1. The molecule has 3 N–H and O–H groups in total. The molecule has 3 rings (SSSR count). The number of hydrogen-bond donors (Lipinski definition) is 2. The fourth-order valence-corrected chi connectivity index (χ4v) is 2.09. The Kier molecular flexibility index (Phi) is 2.77. The summed E-state index contributed by atoms with van der Waals surface area (Å²) in [6.45, 7) is 0.210. The second-order valence-corrected chi connectivity index (χ2v) is 4.14. The largest absolute Gasteiger partial charge is 0.388 e. The van der Waals surface area contributed by atoms with Crippen LogP contribution in [0.15, 0.2) is 18.2 Å². The summed E-state index contributed by atoms with van der Waals surface area (Å²) in [5, 5.41) is 14.0. The minimum Gasteiger partial charge on any atom is -0.388 e. The first-order valence-corrected chi connectivity index (χ1v) is 5.77. The molecule has 0 fully saturated rings. The van der Waals surface area contributed by atoms with Crippen molar-refractivity contribution in [1.82, 2.24) is 19.6 Å². The highest BCUT2D eigenvalue weighted by Crippen LogP contribution is 2.23. The lowest BCUT2D eigenvalue weighted by atomic mass is 10.1. The Balaban J connectivity index is 2.40. The van der Waals surface area contributed by atoms with Crippen LogP contribution in [0, 0.1) is 0 Å². The van der Waals surface area contributed by atoms with Gasteiger partial charge in [0.25, 0.3) is 0 Å². The maximum atomic E-state index is 9.12. The van der Waals surface area contributed by atoms with Gasteiger partial charge >= 0.3 is 0 Å². The highest BCUT2D eigenvalue weighted by atomic mass is 16.5. The smallest absolute Gasteiger partial charge is 0.223 e. The number of methoxy groups -OCH3 is 1. The summed E-state index contributed by atoms with van der Waals surface area (Å²) in [5.74, 6) is 0.552. The van der Waals surface area contributed by atoms with Crippen molar-refractivity contribution in [2.45, 2.75) is 13.2 Å². The fraction of sp³-hybridized carbons (Fsp3) is 0.250. The van der Waals surface area contributed by atoms with E-state index in [0.717, 1.165) is 16.5 Å². The van der Waals surface area contributed by atoms with Crippen LogP contribution in [-0.4, -0.2) is 31.8 Å². The zero-order valence-electron chi connectivity index (χ0n) is 10.4. The molecule has 0 bridgehead atoms. The Labute approximate surface area is 108 Å². The molecular formula is C12H13N5O2. The lowest BCUT2D eigenvalue weighted by molar-refractivity contribution is 0.186. The molecule has 0 saturated heterocycles. The predicted molar refractivity (Wildman–Crippen MR) is 69.3 cm³/mol. The Hall–Kier alpha value is -2.25. The number of benzene rings is 1. The van der Waals surface area contributed by atoms with Gasteiger partial charge in [0.1, 0.15) is 6.61 Å². The average Bonchev–Trinajstić information content (AvgIpc) is 2.85. The minimum atomic E-state index is -0.236. The van der Waals surface area contributed by atoms with Gasteiger partial charge in [0, 0.05) is 18.1 Å². The van der Waals surface area contributed by atoms with Crippen molar-refractivity contribution in [3.63, 3.8) is 0 Å². The number of nitrogen functional groups attached to an aromatic ring is 1. The van der Waals surface area contributed by atoms with Gasteiger partial charge in [-0.05, 0) is 6.07 Å². The monoisotopic (exact) mass is 259 g/mol. The molecule has 0 radical (unpaired) electrons. The number of aliphatic hydroxyl groups excluding tert-OH is 1. The van der Waals surface area contributed by atoms with Crippen LogP contribution < -0.4 is 5.73 Å². The molecule has 0 aliphatic rings. The van der Waals surface area contributed by atoms with Crippen LogP contribution in [0.5, 0.6) is 0 Å². The third-order valence-electron chi connectivity index (χ3n) is 2.90. The van der Waals surface area contributed by atoms with Gasteiger partial charge in [0.2, 0.25) is 5.95 Å². The van der Waals surface area contributed by atoms with Gasteiger partial charge in [0.15, 0.2) is 11.5 Å². The first kappa shape index (κ1) is 11.8. The number of nitrogens with zero attached hydrogens (tertiary/aromatic N) is 4. The summed E-state index contributed by atoms with van der Waals surface area (Å²) in [6.07, 6.45) is 0. The van der Waals surface area contributed by atoms with E-state index in [0.29, 0.717) is 18.1 Å². The molecule has 3 aromatic rings. The zero-order chi connectivity index (χ0) is 13.4. The number of para-hydroxylation sites is 1. The number of fused-ring (bicyclic) bond motifs is 3. The number of hydrogen-bond acceptors (Lipinski definition) is 6. The second-order valence-electron chi connectivity index (χ2n) is 4.14. The van der Waals surface area contributed by atoms with Crippen molar-refractivity contribution >= 4 is 22.5 Å². The number of anilines is 1. The highest BCUT2D eigenvalue weighted by Gasteiger charge is 2.13. The van der Waals surface area contributed by atoms with Gasteiger partial charge in [-0.15, -0.1) is 5.10 Å². The quantitative estimate of drug-likeness (QED) is 0.710. The van der Waals surface area contributed by atoms with Crippen molar-refractivity contribution in [1.29, 1.82) is 0 Å². The Morgan fingerprint density at radius 2 is 2.21 bits per heavy atom. The van der Waals surface area contributed by atoms with E-state index < -0.39 is 0 Å². The highest BCUT2D eigenvalue weighted by molar-refractivity contribution is 5.94. The molecule has 98 valence electrons. The van der Waals surface area contributed by atoms with Crippen LogP contribution in [0.1, 0.15) is 11.4 Å². The SMILES string of the molecule is COCc1cccc2c1nc(N)n1nc(CO)nc21. The van der Waals surface area contributed by atoms with Gasteiger partial charge in [-0.2, -0.15) is 4.52 Å². The number of aliphatic hydroxyl groups is 1. The predicted octanol–water partition coefficient (Wildman–Crippen LogP) is 0.498. The lowest BCUT2D eigenvalue weighted by Crippen LogP contribution is -2.04. The van der Waals surface area contributed by atoms with Crippen LogP contribution in [0.4, 0.5) is 5.95 Å². The number of rotatable bonds is 3. The molecule has 0 spiro atoms. The summed E-state index contributed by atoms with van der Waals surface area (Å²) in [5.41, 5.74) is 8.14. The molecule has 0 amide bonds. The molecule has 7 nitrogen and oxygen atoms in total. The molecule has 1 aromatic carbocycles. The van der Waals surface area contributed by atoms with E-state index in [2.05, 4.69) is 15.1 Å². The maximum absolute atomic E-state index is 9.12. The third-order valence-corrected chi connectivity index (χ3v) is 2.90. The van der Waals surface area contributed by atoms with Gasteiger partial charge in [-0.3, -0.25) is 0 Å². The molecule has 0 unspecified atom stereocenters. The Morgan fingerprint density at radius 1 is 1.37 bits per heavy atom. The molecule has 19 heavy (non-hydrogen) atoms. The standard InChI is InChI=1S/C12H13N5O2/c1-19-6-7-3-2-4-8-10(7)15-12(13)17-11(8)14-9(5-18)16-17/h2-4,18H,5-6H2,1H3,(H2,13,15). The maximum Gasteiger partial charge on any atom is 0.223 e. The first-order valence-electron chi connectivity index (χ1n) is 5.77. The average molecular weight is 259 g/mol.